The molecule has 0 saturated heterocycles. The van der Waals surface area contributed by atoms with Gasteiger partial charge in [0.1, 0.15) is 19.0 Å². The molecule has 2 aromatic carbocycles. The van der Waals surface area contributed by atoms with Gasteiger partial charge in [0.15, 0.2) is 17.2 Å². The average Bonchev–Trinajstić information content (AvgIpc) is 2.84. The Morgan fingerprint density at radius 2 is 1.82 bits per heavy atom. The van der Waals surface area contributed by atoms with Crippen LogP contribution in [0.25, 0.3) is 0 Å². The lowest BCUT2D eigenvalue weighted by molar-refractivity contribution is -0.118. The summed E-state index contributed by atoms with van der Waals surface area (Å²) in [6.07, 6.45) is -0.0168. The van der Waals surface area contributed by atoms with Crippen molar-refractivity contribution >= 4 is 17.4 Å². The number of aromatic nitrogens is 2. The van der Waals surface area contributed by atoms with E-state index in [1.807, 2.05) is 30.3 Å². The minimum Gasteiger partial charge on any atom is -0.486 e. The third-order valence-electron chi connectivity index (χ3n) is 5.45. The predicted molar refractivity (Wildman–Crippen MR) is 127 cm³/mol. The average molecular weight is 466 g/mol. The first-order valence-electron chi connectivity index (χ1n) is 10.8. The van der Waals surface area contributed by atoms with Crippen LogP contribution in [0, 0.1) is 0 Å². The van der Waals surface area contributed by atoms with Crippen LogP contribution in [0.15, 0.2) is 58.1 Å². The third kappa shape index (κ3) is 4.96. The Kier molecular flexibility index (Phi) is 6.98. The number of hydrogen-bond acceptors (Lipinski definition) is 7. The summed E-state index contributed by atoms with van der Waals surface area (Å²) >= 11 is 0. The number of hydrogen-bond donors (Lipinski definition) is 2. The van der Waals surface area contributed by atoms with Crippen LogP contribution in [-0.2, 0) is 22.5 Å². The standard InChI is InChI=1S/C24H26N4O6/c1-32-10-9-27(20(29)14-17-7-8-18-19(13-17)34-12-11-33-18)21-22(25)28(24(31)26-23(21)30)15-16-5-3-2-4-6-16/h2-8,13H,9-12,14-15,25H2,1H3,(H,26,30,31). The first kappa shape index (κ1) is 23.1. The van der Waals surface area contributed by atoms with Gasteiger partial charge in [0.05, 0.1) is 19.6 Å². The smallest absolute Gasteiger partial charge is 0.330 e. The molecule has 3 aromatic rings. The molecule has 10 nitrogen and oxygen atoms in total. The predicted octanol–water partition coefficient (Wildman–Crippen LogP) is 1.16. The first-order chi connectivity index (χ1) is 16.5. The van der Waals surface area contributed by atoms with Crippen molar-refractivity contribution in [2.75, 3.05) is 44.1 Å². The van der Waals surface area contributed by atoms with E-state index >= 15 is 0 Å². The summed E-state index contributed by atoms with van der Waals surface area (Å²) in [5.74, 6) is 0.709. The number of benzene rings is 2. The second kappa shape index (κ2) is 10.3. The number of carbonyl (C=O) groups is 1. The number of H-pyrrole nitrogens is 1. The number of fused-ring (bicyclic) bond motifs is 1. The normalized spacial score (nSPS) is 12.4. The zero-order valence-corrected chi connectivity index (χ0v) is 18.8. The van der Waals surface area contributed by atoms with Crippen LogP contribution in [0.5, 0.6) is 11.5 Å². The molecule has 0 fully saturated rings. The van der Waals surface area contributed by atoms with E-state index in [1.54, 1.807) is 18.2 Å². The number of nitrogens with zero attached hydrogens (tertiary/aromatic N) is 2. The van der Waals surface area contributed by atoms with Crippen LogP contribution in [0.2, 0.25) is 0 Å². The zero-order valence-electron chi connectivity index (χ0n) is 18.8. The molecule has 0 aliphatic carbocycles. The minimum absolute atomic E-state index is 0.0168. The molecule has 0 unspecified atom stereocenters. The fourth-order valence-corrected chi connectivity index (χ4v) is 3.77. The SMILES string of the molecule is COCCN(C(=O)Cc1ccc2c(c1)OCCO2)c1c(N)n(Cc2ccccc2)c(=O)[nH]c1=O. The van der Waals surface area contributed by atoms with Crippen LogP contribution in [0.4, 0.5) is 11.5 Å². The Morgan fingerprint density at radius 1 is 1.09 bits per heavy atom. The molecule has 3 N–H and O–H groups in total. The molecule has 0 bridgehead atoms. The van der Waals surface area contributed by atoms with E-state index in [1.165, 1.54) is 16.6 Å². The van der Waals surface area contributed by atoms with Gasteiger partial charge in [-0.25, -0.2) is 4.79 Å². The molecule has 1 aromatic heterocycles. The van der Waals surface area contributed by atoms with E-state index in [-0.39, 0.29) is 43.5 Å². The van der Waals surface area contributed by atoms with E-state index < -0.39 is 11.2 Å². The molecule has 4 rings (SSSR count). The number of nitrogens with one attached hydrogen (secondary N) is 1. The molecule has 34 heavy (non-hydrogen) atoms. The summed E-state index contributed by atoms with van der Waals surface area (Å²) in [5, 5.41) is 0. The lowest BCUT2D eigenvalue weighted by Crippen LogP contribution is -2.43. The van der Waals surface area contributed by atoms with Gasteiger partial charge < -0.3 is 24.8 Å². The molecule has 0 atom stereocenters. The Labute approximate surface area is 195 Å². The molecule has 1 aliphatic rings. The van der Waals surface area contributed by atoms with Gasteiger partial charge in [-0.2, -0.15) is 0 Å². The number of anilines is 2. The summed E-state index contributed by atoms with van der Waals surface area (Å²) in [5.41, 5.74) is 6.33. The molecule has 178 valence electrons. The highest BCUT2D eigenvalue weighted by Crippen LogP contribution is 2.31. The monoisotopic (exact) mass is 466 g/mol. The number of ether oxygens (including phenoxy) is 3. The highest BCUT2D eigenvalue weighted by Gasteiger charge is 2.25. The van der Waals surface area contributed by atoms with Crippen LogP contribution < -0.4 is 31.4 Å². The molecular weight excluding hydrogens is 440 g/mol. The lowest BCUT2D eigenvalue weighted by atomic mass is 10.1. The third-order valence-corrected chi connectivity index (χ3v) is 5.45. The van der Waals surface area contributed by atoms with Gasteiger partial charge in [0, 0.05) is 13.7 Å². The Bertz CT molecular complexity index is 1280. The van der Waals surface area contributed by atoms with E-state index in [4.69, 9.17) is 19.9 Å². The van der Waals surface area contributed by atoms with Gasteiger partial charge in [-0.15, -0.1) is 0 Å². The maximum absolute atomic E-state index is 13.3. The molecule has 2 heterocycles. The fourth-order valence-electron chi connectivity index (χ4n) is 3.77. The number of nitrogens with two attached hydrogens (primary N) is 1. The fraction of sp³-hybridized carbons (Fsp3) is 0.292. The van der Waals surface area contributed by atoms with E-state index in [0.717, 1.165) is 5.56 Å². The van der Waals surface area contributed by atoms with Gasteiger partial charge in [0.2, 0.25) is 5.91 Å². The number of aromatic amines is 1. The lowest BCUT2D eigenvalue weighted by Gasteiger charge is -2.25. The van der Waals surface area contributed by atoms with Crippen molar-refractivity contribution in [3.05, 3.63) is 80.5 Å². The van der Waals surface area contributed by atoms with Crippen molar-refractivity contribution in [3.8, 4) is 11.5 Å². The Morgan fingerprint density at radius 3 is 2.56 bits per heavy atom. The van der Waals surface area contributed by atoms with Crippen LogP contribution in [-0.4, -0.2) is 48.9 Å². The molecular formula is C24H26N4O6. The number of rotatable bonds is 8. The van der Waals surface area contributed by atoms with Crippen molar-refractivity contribution in [2.45, 2.75) is 13.0 Å². The Hall–Kier alpha value is -4.05. The maximum atomic E-state index is 13.3. The molecule has 1 aliphatic heterocycles. The highest BCUT2D eigenvalue weighted by atomic mass is 16.6. The largest absolute Gasteiger partial charge is 0.486 e. The summed E-state index contributed by atoms with van der Waals surface area (Å²) < 4.78 is 17.5. The maximum Gasteiger partial charge on any atom is 0.330 e. The topological polar surface area (TPSA) is 129 Å². The van der Waals surface area contributed by atoms with Gasteiger partial charge in [-0.1, -0.05) is 36.4 Å². The van der Waals surface area contributed by atoms with Gasteiger partial charge in [0.25, 0.3) is 5.56 Å². The zero-order chi connectivity index (χ0) is 24.1. The molecule has 1 amide bonds. The van der Waals surface area contributed by atoms with Crippen LogP contribution in [0.1, 0.15) is 11.1 Å². The van der Waals surface area contributed by atoms with E-state index in [0.29, 0.717) is 30.3 Å². The van der Waals surface area contributed by atoms with Crippen molar-refractivity contribution in [3.63, 3.8) is 0 Å². The van der Waals surface area contributed by atoms with Crippen LogP contribution in [0.3, 0.4) is 0 Å². The second-order valence-electron chi connectivity index (χ2n) is 7.76. The summed E-state index contributed by atoms with van der Waals surface area (Å²) in [6, 6.07) is 14.5. The molecule has 10 heteroatoms. The second-order valence-corrected chi connectivity index (χ2v) is 7.76. The number of carbonyl (C=O) groups excluding carboxylic acids is 1. The van der Waals surface area contributed by atoms with Crippen molar-refractivity contribution in [2.24, 2.45) is 0 Å². The van der Waals surface area contributed by atoms with Gasteiger partial charge in [-0.3, -0.25) is 19.1 Å². The number of amides is 1. The number of methoxy groups -OCH3 is 1. The van der Waals surface area contributed by atoms with E-state index in [9.17, 15) is 14.4 Å². The molecule has 0 saturated carbocycles. The van der Waals surface area contributed by atoms with Gasteiger partial charge >= 0.3 is 5.69 Å². The molecule has 0 radical (unpaired) electrons. The minimum atomic E-state index is -0.738. The van der Waals surface area contributed by atoms with E-state index in [2.05, 4.69) is 4.98 Å². The number of nitrogen functional groups attached to an aromatic ring is 1. The first-order valence-corrected chi connectivity index (χ1v) is 10.8. The highest BCUT2D eigenvalue weighted by molar-refractivity contribution is 5.96. The van der Waals surface area contributed by atoms with Crippen molar-refractivity contribution in [1.29, 1.82) is 0 Å². The Balaban J connectivity index is 1.68. The van der Waals surface area contributed by atoms with Crippen molar-refractivity contribution < 1.29 is 19.0 Å². The summed E-state index contributed by atoms with van der Waals surface area (Å²) in [4.78, 5) is 42.2. The quantitative estimate of drug-likeness (QED) is 0.510. The van der Waals surface area contributed by atoms with Gasteiger partial charge in [-0.05, 0) is 23.3 Å². The van der Waals surface area contributed by atoms with Crippen molar-refractivity contribution in [1.82, 2.24) is 9.55 Å². The summed E-state index contributed by atoms with van der Waals surface area (Å²) in [7, 11) is 1.49. The van der Waals surface area contributed by atoms with Crippen LogP contribution >= 0.6 is 0 Å². The summed E-state index contributed by atoms with van der Waals surface area (Å²) in [6.45, 7) is 1.29. The molecule has 0 spiro atoms.